The molecule has 0 aliphatic heterocycles. The number of hydrogen-bond donors (Lipinski definition) is 0. The van der Waals surface area contributed by atoms with E-state index in [4.69, 9.17) is 28.4 Å². The zero-order valence-corrected chi connectivity index (χ0v) is 36.3. The van der Waals surface area contributed by atoms with Crippen LogP contribution < -0.4 is 0 Å². The molecule has 0 rings (SSSR count). The smallest absolute Gasteiger partial charge is 0.282 e. The van der Waals surface area contributed by atoms with E-state index in [1.54, 1.807) is 0 Å². The molecule has 0 aliphatic rings. The summed E-state index contributed by atoms with van der Waals surface area (Å²) in [5.74, 6) is -1.66. The lowest BCUT2D eigenvalue weighted by atomic mass is 10.0. The minimum absolute atomic E-state index is 0.720. The van der Waals surface area contributed by atoms with Crippen LogP contribution in [0.5, 0.6) is 0 Å². The van der Waals surface area contributed by atoms with Gasteiger partial charge in [-0.25, -0.2) is 0 Å². The van der Waals surface area contributed by atoms with Crippen LogP contribution in [0.15, 0.2) is 0 Å². The molecule has 0 saturated carbocycles. The maximum atomic E-state index is 6.29. The fourth-order valence-corrected chi connectivity index (χ4v) is 6.43. The zero-order chi connectivity index (χ0) is 38.1. The van der Waals surface area contributed by atoms with E-state index in [0.717, 1.165) is 142 Å². The summed E-state index contributed by atoms with van der Waals surface area (Å²) < 4.78 is 37.7. The van der Waals surface area contributed by atoms with Crippen LogP contribution in [-0.4, -0.2) is 51.6 Å². The maximum absolute atomic E-state index is 6.29. The van der Waals surface area contributed by atoms with E-state index >= 15 is 0 Å². The van der Waals surface area contributed by atoms with Gasteiger partial charge in [0.05, 0.1) is 39.6 Å². The Morgan fingerprint density at radius 1 is 0.212 bits per heavy atom. The summed E-state index contributed by atoms with van der Waals surface area (Å²) in [5, 5.41) is 0. The molecule has 0 atom stereocenters. The molecule has 0 bridgehead atoms. The Morgan fingerprint density at radius 2 is 0.365 bits per heavy atom. The lowest BCUT2D eigenvalue weighted by Gasteiger charge is -2.33. The Morgan fingerprint density at radius 3 is 0.519 bits per heavy atom. The molecule has 0 N–H and O–H groups in total. The maximum Gasteiger partial charge on any atom is 0.282 e. The van der Waals surface area contributed by atoms with Crippen LogP contribution in [0, 0.1) is 0 Å². The molecule has 0 aromatic heterocycles. The fraction of sp³-hybridized carbons (Fsp3) is 1.00. The summed E-state index contributed by atoms with van der Waals surface area (Å²) >= 11 is 0. The molecule has 314 valence electrons. The van der Waals surface area contributed by atoms with Gasteiger partial charge in [0.25, 0.3) is 11.9 Å². The molecule has 0 radical (unpaired) electrons. The van der Waals surface area contributed by atoms with Crippen LogP contribution in [0.3, 0.4) is 0 Å². The Balaban J connectivity index is 3.97. The van der Waals surface area contributed by atoms with Gasteiger partial charge in [-0.05, 0) is 51.4 Å². The van der Waals surface area contributed by atoms with E-state index in [2.05, 4.69) is 41.5 Å². The first-order valence-corrected chi connectivity index (χ1v) is 23.4. The summed E-state index contributed by atoms with van der Waals surface area (Å²) in [6.07, 6.45) is 38.9. The molecule has 0 heterocycles. The second-order valence-electron chi connectivity index (χ2n) is 15.4. The highest BCUT2D eigenvalue weighted by molar-refractivity contribution is 4.63. The number of ether oxygens (including phenoxy) is 6. The Hall–Kier alpha value is -0.240. The number of unbranched alkanes of at least 4 members (excludes halogenated alkanes) is 23. The highest BCUT2D eigenvalue weighted by Crippen LogP contribution is 2.27. The van der Waals surface area contributed by atoms with Crippen molar-refractivity contribution < 1.29 is 28.4 Å². The SMILES string of the molecule is CCCCOC(CCCCCCCCCCCCCCCCCCCCC(OCCCC)(OCCCC)OCCCC)(OCCCC)OCCCC. The number of hydrogen-bond acceptors (Lipinski definition) is 6. The second kappa shape index (κ2) is 40.4. The van der Waals surface area contributed by atoms with Crippen LogP contribution >= 0.6 is 0 Å². The molecule has 0 unspecified atom stereocenters. The van der Waals surface area contributed by atoms with E-state index in [1.807, 2.05) is 0 Å². The molecule has 0 aromatic rings. The topological polar surface area (TPSA) is 55.4 Å². The molecule has 6 nitrogen and oxygen atoms in total. The minimum atomic E-state index is -0.829. The third-order valence-electron chi connectivity index (χ3n) is 10.1. The summed E-state index contributed by atoms with van der Waals surface area (Å²) in [6, 6.07) is 0. The third kappa shape index (κ3) is 32.0. The Bertz CT molecular complexity index is 564. The van der Waals surface area contributed by atoms with Gasteiger partial charge in [0.1, 0.15) is 0 Å². The van der Waals surface area contributed by atoms with Crippen molar-refractivity contribution in [1.29, 1.82) is 0 Å². The van der Waals surface area contributed by atoms with E-state index in [-0.39, 0.29) is 0 Å². The first kappa shape index (κ1) is 51.8. The van der Waals surface area contributed by atoms with Crippen LogP contribution in [-0.2, 0) is 28.4 Å². The van der Waals surface area contributed by atoms with Crippen molar-refractivity contribution in [2.75, 3.05) is 39.6 Å². The van der Waals surface area contributed by atoms with Crippen molar-refractivity contribution in [2.45, 2.75) is 259 Å². The van der Waals surface area contributed by atoms with Gasteiger partial charge in [0, 0.05) is 12.8 Å². The summed E-state index contributed by atoms with van der Waals surface area (Å²) in [7, 11) is 0. The standard InChI is InChI=1S/C46H94O6/c1-7-13-39-47-45(48-40-14-8-2,49-41-15-9-3)37-35-33-31-29-27-25-23-21-19-20-22-24-26-28-30-32-34-36-38-46(50-42-16-10-4,51-43-17-11-5)52-44-18-12-6/h7-44H2,1-6H3. The molecule has 0 aromatic carbocycles. The summed E-state index contributed by atoms with van der Waals surface area (Å²) in [6.45, 7) is 17.6. The molecule has 52 heavy (non-hydrogen) atoms. The molecule has 0 amide bonds. The van der Waals surface area contributed by atoms with Gasteiger partial charge in [0.15, 0.2) is 0 Å². The van der Waals surface area contributed by atoms with Crippen molar-refractivity contribution in [1.82, 2.24) is 0 Å². The van der Waals surface area contributed by atoms with E-state index in [1.165, 1.54) is 103 Å². The van der Waals surface area contributed by atoms with Crippen LogP contribution in [0.25, 0.3) is 0 Å². The van der Waals surface area contributed by atoms with Crippen molar-refractivity contribution in [2.24, 2.45) is 0 Å². The summed E-state index contributed by atoms with van der Waals surface area (Å²) in [5.41, 5.74) is 0. The second-order valence-corrected chi connectivity index (χ2v) is 15.4. The molecule has 0 saturated heterocycles. The lowest BCUT2D eigenvalue weighted by molar-refractivity contribution is -0.384. The van der Waals surface area contributed by atoms with Crippen molar-refractivity contribution in [3.8, 4) is 0 Å². The molecular formula is C46H94O6. The first-order chi connectivity index (χ1) is 25.6. The van der Waals surface area contributed by atoms with Gasteiger partial charge < -0.3 is 28.4 Å². The monoisotopic (exact) mass is 743 g/mol. The highest BCUT2D eigenvalue weighted by Gasteiger charge is 2.34. The predicted octanol–water partition coefficient (Wildman–Crippen LogP) is 15.0. The highest BCUT2D eigenvalue weighted by atomic mass is 16.9. The van der Waals surface area contributed by atoms with Crippen molar-refractivity contribution >= 4 is 0 Å². The zero-order valence-electron chi connectivity index (χ0n) is 36.3. The van der Waals surface area contributed by atoms with Crippen molar-refractivity contribution in [3.63, 3.8) is 0 Å². The molecule has 0 aliphatic carbocycles. The van der Waals surface area contributed by atoms with Gasteiger partial charge in [-0.2, -0.15) is 0 Å². The fourth-order valence-electron chi connectivity index (χ4n) is 6.43. The van der Waals surface area contributed by atoms with Gasteiger partial charge in [-0.15, -0.1) is 0 Å². The normalized spacial score (nSPS) is 12.3. The average Bonchev–Trinajstić information content (AvgIpc) is 3.14. The van der Waals surface area contributed by atoms with Crippen molar-refractivity contribution in [3.05, 3.63) is 0 Å². The molecule has 0 fully saturated rings. The predicted molar refractivity (Wildman–Crippen MR) is 223 cm³/mol. The molecule has 0 spiro atoms. The van der Waals surface area contributed by atoms with Gasteiger partial charge >= 0.3 is 0 Å². The lowest BCUT2D eigenvalue weighted by Crippen LogP contribution is -2.40. The van der Waals surface area contributed by atoms with Gasteiger partial charge in [-0.3, -0.25) is 0 Å². The Labute approximate surface area is 326 Å². The minimum Gasteiger partial charge on any atom is -0.327 e. The largest absolute Gasteiger partial charge is 0.327 e. The quantitative estimate of drug-likeness (QED) is 0.0457. The van der Waals surface area contributed by atoms with E-state index < -0.39 is 11.9 Å². The van der Waals surface area contributed by atoms with Crippen LogP contribution in [0.2, 0.25) is 0 Å². The average molecular weight is 743 g/mol. The molecular weight excluding hydrogens is 649 g/mol. The van der Waals surface area contributed by atoms with Crippen LogP contribution in [0.1, 0.15) is 247 Å². The third-order valence-corrected chi connectivity index (χ3v) is 10.1. The van der Waals surface area contributed by atoms with Crippen LogP contribution in [0.4, 0.5) is 0 Å². The van der Waals surface area contributed by atoms with Gasteiger partial charge in [0.2, 0.25) is 0 Å². The number of rotatable bonds is 45. The summed E-state index contributed by atoms with van der Waals surface area (Å²) in [4.78, 5) is 0. The van der Waals surface area contributed by atoms with E-state index in [9.17, 15) is 0 Å². The van der Waals surface area contributed by atoms with E-state index in [0.29, 0.717) is 0 Å². The first-order valence-electron chi connectivity index (χ1n) is 23.4. The van der Waals surface area contributed by atoms with Gasteiger partial charge in [-0.1, -0.05) is 183 Å². The molecule has 6 heteroatoms. The Kier molecular flexibility index (Phi) is 40.2.